The minimum atomic E-state index is -0.445. The summed E-state index contributed by atoms with van der Waals surface area (Å²) in [5, 5.41) is 13.5. The fourth-order valence-corrected chi connectivity index (χ4v) is 1.65. The van der Waals surface area contributed by atoms with Crippen molar-refractivity contribution in [3.8, 4) is 0 Å². The predicted octanol–water partition coefficient (Wildman–Crippen LogP) is 1.30. The molecule has 0 bridgehead atoms. The van der Waals surface area contributed by atoms with Crippen molar-refractivity contribution in [1.82, 2.24) is 0 Å². The van der Waals surface area contributed by atoms with Gasteiger partial charge >= 0.3 is 0 Å². The Labute approximate surface area is 79.9 Å². The summed E-state index contributed by atoms with van der Waals surface area (Å²) in [4.78, 5) is 20.8. The molecule has 1 atom stereocenters. The quantitative estimate of drug-likeness (QED) is 0.435. The second-order valence-electron chi connectivity index (χ2n) is 3.12. The molecule has 0 aliphatic carbocycles. The zero-order valence-corrected chi connectivity index (χ0v) is 7.27. The van der Waals surface area contributed by atoms with Crippen LogP contribution < -0.4 is 5.32 Å². The monoisotopic (exact) mass is 192 g/mol. The number of nitro groups is 1. The second kappa shape index (κ2) is 3.10. The number of hydrogen-bond donors (Lipinski definition) is 1. The first-order valence-electron chi connectivity index (χ1n) is 4.20. The average Bonchev–Trinajstić information content (AvgIpc) is 2.59. The number of carbonyl (C=O) groups excluding carboxylic acids is 1. The molecule has 2 rings (SSSR count). The number of nitrogens with zero attached hydrogens (tertiary/aromatic N) is 1. The number of nitrogens with one attached hydrogen (secondary N) is 1. The van der Waals surface area contributed by atoms with Gasteiger partial charge in [0.2, 0.25) is 0 Å². The van der Waals surface area contributed by atoms with Gasteiger partial charge in [0.15, 0.2) is 0 Å². The minimum Gasteiger partial charge on any atom is -0.378 e. The van der Waals surface area contributed by atoms with Gasteiger partial charge in [-0.1, -0.05) is 12.1 Å². The van der Waals surface area contributed by atoms with Crippen molar-refractivity contribution in [2.45, 2.75) is 5.92 Å². The van der Waals surface area contributed by atoms with Crippen LogP contribution >= 0.6 is 0 Å². The molecule has 0 aromatic heterocycles. The molecule has 0 spiro atoms. The SMILES string of the molecule is O=CC1CNc2c1cccc2[N+](=O)[O-]. The van der Waals surface area contributed by atoms with Gasteiger partial charge in [0.1, 0.15) is 12.0 Å². The third kappa shape index (κ3) is 1.14. The van der Waals surface area contributed by atoms with Crippen LogP contribution in [0.4, 0.5) is 11.4 Å². The maximum absolute atomic E-state index is 10.6. The average molecular weight is 192 g/mol. The van der Waals surface area contributed by atoms with Gasteiger partial charge in [-0.05, 0) is 5.56 Å². The van der Waals surface area contributed by atoms with E-state index in [9.17, 15) is 14.9 Å². The Hall–Kier alpha value is -1.91. The largest absolute Gasteiger partial charge is 0.378 e. The lowest BCUT2D eigenvalue weighted by atomic mass is 10.0. The fraction of sp³-hybridized carbons (Fsp3) is 0.222. The van der Waals surface area contributed by atoms with Gasteiger partial charge in [0.05, 0.1) is 10.8 Å². The molecule has 1 aromatic rings. The van der Waals surface area contributed by atoms with Crippen molar-refractivity contribution >= 4 is 17.7 Å². The van der Waals surface area contributed by atoms with Gasteiger partial charge in [-0.3, -0.25) is 10.1 Å². The van der Waals surface area contributed by atoms with E-state index in [2.05, 4.69) is 5.32 Å². The Bertz CT molecular complexity index is 403. The second-order valence-corrected chi connectivity index (χ2v) is 3.12. The molecule has 1 aliphatic heterocycles. The first-order valence-corrected chi connectivity index (χ1v) is 4.20. The highest BCUT2D eigenvalue weighted by Gasteiger charge is 2.27. The first kappa shape index (κ1) is 8.68. The molecule has 72 valence electrons. The molecule has 1 aromatic carbocycles. The van der Waals surface area contributed by atoms with Crippen LogP contribution in [-0.2, 0) is 4.79 Å². The Kier molecular flexibility index (Phi) is 1.92. The van der Waals surface area contributed by atoms with Crippen molar-refractivity contribution in [1.29, 1.82) is 0 Å². The van der Waals surface area contributed by atoms with E-state index in [1.54, 1.807) is 12.1 Å². The van der Waals surface area contributed by atoms with E-state index in [1.165, 1.54) is 6.07 Å². The van der Waals surface area contributed by atoms with Gasteiger partial charge in [-0.2, -0.15) is 0 Å². The van der Waals surface area contributed by atoms with Gasteiger partial charge < -0.3 is 10.1 Å². The summed E-state index contributed by atoms with van der Waals surface area (Å²) in [6.45, 7) is 0.448. The zero-order chi connectivity index (χ0) is 10.1. The smallest absolute Gasteiger partial charge is 0.292 e. The Balaban J connectivity index is 2.55. The van der Waals surface area contributed by atoms with E-state index >= 15 is 0 Å². The molecule has 5 nitrogen and oxygen atoms in total. The van der Waals surface area contributed by atoms with Crippen LogP contribution in [0, 0.1) is 10.1 Å². The lowest BCUT2D eigenvalue weighted by Crippen LogP contribution is -2.02. The van der Waals surface area contributed by atoms with Gasteiger partial charge in [-0.25, -0.2) is 0 Å². The number of rotatable bonds is 2. The minimum absolute atomic E-state index is 0.0341. The van der Waals surface area contributed by atoms with Crippen molar-refractivity contribution in [3.05, 3.63) is 33.9 Å². The molecule has 1 N–H and O–H groups in total. The lowest BCUT2D eigenvalue weighted by molar-refractivity contribution is -0.383. The van der Waals surface area contributed by atoms with Crippen molar-refractivity contribution in [2.75, 3.05) is 11.9 Å². The van der Waals surface area contributed by atoms with Crippen LogP contribution in [0.15, 0.2) is 18.2 Å². The number of benzene rings is 1. The maximum atomic E-state index is 10.6. The first-order chi connectivity index (χ1) is 6.74. The van der Waals surface area contributed by atoms with Crippen molar-refractivity contribution in [3.63, 3.8) is 0 Å². The summed E-state index contributed by atoms with van der Waals surface area (Å²) in [6, 6.07) is 4.76. The summed E-state index contributed by atoms with van der Waals surface area (Å²) < 4.78 is 0. The molecular weight excluding hydrogens is 184 g/mol. The van der Waals surface area contributed by atoms with E-state index in [4.69, 9.17) is 0 Å². The molecule has 1 aliphatic rings. The Morgan fingerprint density at radius 1 is 1.57 bits per heavy atom. The molecule has 0 saturated heterocycles. The zero-order valence-electron chi connectivity index (χ0n) is 7.27. The van der Waals surface area contributed by atoms with E-state index in [0.717, 1.165) is 6.29 Å². The number of carbonyl (C=O) groups is 1. The maximum Gasteiger partial charge on any atom is 0.292 e. The van der Waals surface area contributed by atoms with Gasteiger partial charge in [0.25, 0.3) is 5.69 Å². The molecule has 0 saturated carbocycles. The van der Waals surface area contributed by atoms with E-state index in [1.807, 2.05) is 0 Å². The summed E-state index contributed by atoms with van der Waals surface area (Å²) in [6.07, 6.45) is 0.808. The standard InChI is InChI=1S/C9H8N2O3/c12-5-6-4-10-9-7(6)2-1-3-8(9)11(13)14/h1-3,5-6,10H,4H2. The van der Waals surface area contributed by atoms with Crippen molar-refractivity contribution in [2.24, 2.45) is 0 Å². The normalized spacial score (nSPS) is 18.4. The molecule has 0 fully saturated rings. The van der Waals surface area contributed by atoms with E-state index in [-0.39, 0.29) is 11.6 Å². The third-order valence-electron chi connectivity index (χ3n) is 2.33. The summed E-state index contributed by atoms with van der Waals surface area (Å²) in [5.74, 6) is -0.259. The highest BCUT2D eigenvalue weighted by atomic mass is 16.6. The predicted molar refractivity (Wildman–Crippen MR) is 50.4 cm³/mol. The molecule has 0 amide bonds. The van der Waals surface area contributed by atoms with Crippen LogP contribution in [0.2, 0.25) is 0 Å². The Morgan fingerprint density at radius 2 is 2.36 bits per heavy atom. The van der Waals surface area contributed by atoms with Crippen molar-refractivity contribution < 1.29 is 9.72 Å². The summed E-state index contributed by atoms with van der Waals surface area (Å²) in [5.41, 5.74) is 1.23. The summed E-state index contributed by atoms with van der Waals surface area (Å²) in [7, 11) is 0. The fourth-order valence-electron chi connectivity index (χ4n) is 1.65. The lowest BCUT2D eigenvalue weighted by Gasteiger charge is -2.00. The number of anilines is 1. The highest BCUT2D eigenvalue weighted by Crippen LogP contribution is 2.37. The van der Waals surface area contributed by atoms with E-state index < -0.39 is 4.92 Å². The molecule has 1 heterocycles. The highest BCUT2D eigenvalue weighted by molar-refractivity contribution is 5.78. The van der Waals surface area contributed by atoms with Crippen LogP contribution in [0.1, 0.15) is 11.5 Å². The topological polar surface area (TPSA) is 72.2 Å². The van der Waals surface area contributed by atoms with Gasteiger partial charge in [-0.15, -0.1) is 0 Å². The van der Waals surface area contributed by atoms with Crippen LogP contribution in [0.5, 0.6) is 0 Å². The molecule has 0 radical (unpaired) electrons. The van der Waals surface area contributed by atoms with Crippen LogP contribution in [0.25, 0.3) is 0 Å². The Morgan fingerprint density at radius 3 is 3.00 bits per heavy atom. The number of hydrogen-bond acceptors (Lipinski definition) is 4. The van der Waals surface area contributed by atoms with Crippen LogP contribution in [-0.4, -0.2) is 17.8 Å². The summed E-state index contributed by atoms with van der Waals surface area (Å²) >= 11 is 0. The number of para-hydroxylation sites is 1. The molecular formula is C9H8N2O3. The molecule has 1 unspecified atom stereocenters. The molecule has 14 heavy (non-hydrogen) atoms. The molecule has 5 heteroatoms. The van der Waals surface area contributed by atoms with Gasteiger partial charge in [0, 0.05) is 12.6 Å². The number of fused-ring (bicyclic) bond motifs is 1. The third-order valence-corrected chi connectivity index (χ3v) is 2.33. The van der Waals surface area contributed by atoms with Crippen LogP contribution in [0.3, 0.4) is 0 Å². The number of aldehydes is 1. The van der Waals surface area contributed by atoms with E-state index in [0.29, 0.717) is 17.8 Å². The number of nitro benzene ring substituents is 1.